The molecule has 6 heteroatoms. The summed E-state index contributed by atoms with van der Waals surface area (Å²) in [6.45, 7) is 7.69. The van der Waals surface area contributed by atoms with Crippen molar-refractivity contribution >= 4 is 23.2 Å². The molecule has 1 amide bonds. The first-order chi connectivity index (χ1) is 13.0. The summed E-state index contributed by atoms with van der Waals surface area (Å²) in [6.07, 6.45) is 0. The molecule has 27 heavy (non-hydrogen) atoms. The molecule has 0 aliphatic carbocycles. The largest absolute Gasteiger partial charge is 0.496 e. The van der Waals surface area contributed by atoms with Crippen LogP contribution in [0.4, 0.5) is 5.69 Å². The quantitative estimate of drug-likeness (QED) is 0.677. The number of carbonyl (C=O) groups is 1. The molecular weight excluding hydrogens is 362 g/mol. The summed E-state index contributed by atoms with van der Waals surface area (Å²) in [5.41, 5.74) is 3.31. The second-order valence-corrected chi connectivity index (χ2v) is 7.66. The molecule has 0 spiro atoms. The van der Waals surface area contributed by atoms with Crippen molar-refractivity contribution in [2.75, 3.05) is 45.2 Å². The zero-order valence-corrected chi connectivity index (χ0v) is 16.7. The highest BCUT2D eigenvalue weighted by Gasteiger charge is 2.25. The van der Waals surface area contributed by atoms with Gasteiger partial charge in [-0.15, -0.1) is 0 Å². The van der Waals surface area contributed by atoms with Gasteiger partial charge in [0.05, 0.1) is 7.11 Å². The fourth-order valence-electron chi connectivity index (χ4n) is 3.59. The smallest absolute Gasteiger partial charge is 0.279 e. The molecule has 0 saturated carbocycles. The number of aryl methyl sites for hydroxylation is 1. The molecule has 3 N–H and O–H groups in total. The highest BCUT2D eigenvalue weighted by molar-refractivity contribution is 6.30. The number of piperazine rings is 1. The number of methoxy groups -OCH3 is 1. The zero-order valence-electron chi connectivity index (χ0n) is 16.0. The van der Waals surface area contributed by atoms with Crippen molar-refractivity contribution in [3.63, 3.8) is 0 Å². The van der Waals surface area contributed by atoms with E-state index in [4.69, 9.17) is 16.3 Å². The summed E-state index contributed by atoms with van der Waals surface area (Å²) in [4.78, 5) is 15.1. The fraction of sp³-hybridized carbons (Fsp3) is 0.381. The lowest BCUT2D eigenvalue weighted by molar-refractivity contribution is -1.02. The molecule has 0 atom stereocenters. The molecule has 1 heterocycles. The maximum absolute atomic E-state index is 12.3. The minimum absolute atomic E-state index is 0.0520. The van der Waals surface area contributed by atoms with Gasteiger partial charge >= 0.3 is 0 Å². The number of hydrogen-bond acceptors (Lipinski definition) is 2. The lowest BCUT2D eigenvalue weighted by Crippen LogP contribution is -3.28. The molecule has 1 saturated heterocycles. The third kappa shape index (κ3) is 5.70. The predicted molar refractivity (Wildman–Crippen MR) is 108 cm³/mol. The van der Waals surface area contributed by atoms with E-state index in [1.165, 1.54) is 16.0 Å². The molecule has 3 rings (SSSR count). The number of rotatable bonds is 6. The molecule has 2 aromatic carbocycles. The molecule has 0 bridgehead atoms. The van der Waals surface area contributed by atoms with Crippen molar-refractivity contribution < 1.29 is 19.3 Å². The predicted octanol–water partition coefficient (Wildman–Crippen LogP) is 0.579. The van der Waals surface area contributed by atoms with Gasteiger partial charge in [0, 0.05) is 16.3 Å². The third-order valence-corrected chi connectivity index (χ3v) is 5.33. The summed E-state index contributed by atoms with van der Waals surface area (Å²) in [7, 11) is 1.73. The van der Waals surface area contributed by atoms with Crippen LogP contribution in [0.2, 0.25) is 5.02 Å². The van der Waals surface area contributed by atoms with Crippen molar-refractivity contribution in [1.29, 1.82) is 0 Å². The molecular formula is C21H28ClN3O2+2. The Morgan fingerprint density at radius 2 is 1.74 bits per heavy atom. The van der Waals surface area contributed by atoms with Gasteiger partial charge in [-0.25, -0.2) is 0 Å². The van der Waals surface area contributed by atoms with Crippen LogP contribution in [0.3, 0.4) is 0 Å². The van der Waals surface area contributed by atoms with Gasteiger partial charge in [0.2, 0.25) is 0 Å². The van der Waals surface area contributed by atoms with Gasteiger partial charge in [0.1, 0.15) is 38.5 Å². The molecule has 0 radical (unpaired) electrons. The number of benzene rings is 2. The van der Waals surface area contributed by atoms with Crippen LogP contribution in [-0.2, 0) is 11.3 Å². The zero-order chi connectivity index (χ0) is 19.2. The van der Waals surface area contributed by atoms with Crippen LogP contribution in [0.5, 0.6) is 5.75 Å². The van der Waals surface area contributed by atoms with Crippen LogP contribution in [0, 0.1) is 6.92 Å². The normalized spacial score (nSPS) is 19.5. The van der Waals surface area contributed by atoms with E-state index in [-0.39, 0.29) is 5.91 Å². The van der Waals surface area contributed by atoms with E-state index < -0.39 is 0 Å². The van der Waals surface area contributed by atoms with Crippen LogP contribution in [0.25, 0.3) is 0 Å². The minimum Gasteiger partial charge on any atom is -0.496 e. The summed E-state index contributed by atoms with van der Waals surface area (Å²) in [6, 6.07) is 13.6. The van der Waals surface area contributed by atoms with Crippen molar-refractivity contribution in [2.24, 2.45) is 0 Å². The molecule has 1 fully saturated rings. The maximum Gasteiger partial charge on any atom is 0.279 e. The van der Waals surface area contributed by atoms with Crippen LogP contribution in [0.15, 0.2) is 42.5 Å². The minimum atomic E-state index is 0.0520. The second-order valence-electron chi connectivity index (χ2n) is 7.22. The standard InChI is InChI=1S/C21H26ClN3O2/c1-16-3-8-20(27-2)17(13-16)14-24-9-11-25(12-10-24)15-21(26)23-19-6-4-18(22)5-7-19/h3-8,13H,9-12,14-15H2,1-2H3,(H,23,26)/p+2. The van der Waals surface area contributed by atoms with Gasteiger partial charge in [-0.05, 0) is 43.3 Å². The van der Waals surface area contributed by atoms with Gasteiger partial charge < -0.3 is 19.9 Å². The van der Waals surface area contributed by atoms with Gasteiger partial charge in [0.15, 0.2) is 6.54 Å². The molecule has 144 valence electrons. The molecule has 5 nitrogen and oxygen atoms in total. The first-order valence-electron chi connectivity index (χ1n) is 9.39. The number of nitrogens with one attached hydrogen (secondary N) is 3. The molecule has 1 aliphatic rings. The number of ether oxygens (including phenoxy) is 1. The van der Waals surface area contributed by atoms with E-state index in [0.717, 1.165) is 44.2 Å². The van der Waals surface area contributed by atoms with Gasteiger partial charge in [0.25, 0.3) is 5.91 Å². The fourth-order valence-corrected chi connectivity index (χ4v) is 3.72. The third-order valence-electron chi connectivity index (χ3n) is 5.08. The van der Waals surface area contributed by atoms with Crippen molar-refractivity contribution in [1.82, 2.24) is 0 Å². The first kappa shape index (κ1) is 19.7. The molecule has 0 aromatic heterocycles. The highest BCUT2D eigenvalue weighted by atomic mass is 35.5. The Kier molecular flexibility index (Phi) is 6.72. The molecule has 1 aliphatic heterocycles. The molecule has 0 unspecified atom stereocenters. The van der Waals surface area contributed by atoms with E-state index >= 15 is 0 Å². The number of anilines is 1. The van der Waals surface area contributed by atoms with Gasteiger partial charge in [-0.2, -0.15) is 0 Å². The van der Waals surface area contributed by atoms with E-state index in [2.05, 4.69) is 24.4 Å². The molecule has 2 aromatic rings. The number of quaternary nitrogens is 2. The monoisotopic (exact) mass is 389 g/mol. The Labute approximate surface area is 165 Å². The topological polar surface area (TPSA) is 47.2 Å². The van der Waals surface area contributed by atoms with Crippen LogP contribution in [-0.4, -0.2) is 45.7 Å². The number of amides is 1. The SMILES string of the molecule is COc1ccc(C)cc1C[NH+]1CC[NH+](CC(=O)Nc2ccc(Cl)cc2)CC1. The van der Waals surface area contributed by atoms with Gasteiger partial charge in [-0.3, -0.25) is 4.79 Å². The van der Waals surface area contributed by atoms with E-state index in [1.807, 2.05) is 18.2 Å². The van der Waals surface area contributed by atoms with Crippen LogP contribution < -0.4 is 19.9 Å². The van der Waals surface area contributed by atoms with Gasteiger partial charge in [-0.1, -0.05) is 23.2 Å². The summed E-state index contributed by atoms with van der Waals surface area (Å²) in [5.74, 6) is 1.02. The average molecular weight is 390 g/mol. The van der Waals surface area contributed by atoms with Crippen molar-refractivity contribution in [3.05, 3.63) is 58.6 Å². The number of carbonyl (C=O) groups excluding carboxylic acids is 1. The van der Waals surface area contributed by atoms with E-state index in [1.54, 1.807) is 24.1 Å². The number of halogens is 1. The van der Waals surface area contributed by atoms with Crippen molar-refractivity contribution in [2.45, 2.75) is 13.5 Å². The summed E-state index contributed by atoms with van der Waals surface area (Å²) < 4.78 is 5.50. The van der Waals surface area contributed by atoms with E-state index in [0.29, 0.717) is 11.6 Å². The summed E-state index contributed by atoms with van der Waals surface area (Å²) in [5, 5.41) is 3.62. The summed E-state index contributed by atoms with van der Waals surface area (Å²) >= 11 is 5.88. The van der Waals surface area contributed by atoms with Crippen molar-refractivity contribution in [3.8, 4) is 5.75 Å². The van der Waals surface area contributed by atoms with Crippen LogP contribution in [0.1, 0.15) is 11.1 Å². The Bertz CT molecular complexity index is 771. The lowest BCUT2D eigenvalue weighted by atomic mass is 10.1. The Morgan fingerprint density at radius 3 is 2.41 bits per heavy atom. The maximum atomic E-state index is 12.3. The number of hydrogen-bond donors (Lipinski definition) is 3. The Balaban J connectivity index is 1.47. The average Bonchev–Trinajstić information content (AvgIpc) is 2.65. The second kappa shape index (κ2) is 9.22. The van der Waals surface area contributed by atoms with Crippen LogP contribution >= 0.6 is 11.6 Å². The first-order valence-corrected chi connectivity index (χ1v) is 9.77. The lowest BCUT2D eigenvalue weighted by Gasteiger charge is -2.29. The Hall–Kier alpha value is -2.08. The van der Waals surface area contributed by atoms with E-state index in [9.17, 15) is 4.79 Å². The highest BCUT2D eigenvalue weighted by Crippen LogP contribution is 2.18. The Morgan fingerprint density at radius 1 is 1.07 bits per heavy atom.